The first-order chi connectivity index (χ1) is 13.2. The van der Waals surface area contributed by atoms with Gasteiger partial charge in [0.2, 0.25) is 0 Å². The number of nitriles is 1. The lowest BCUT2D eigenvalue weighted by Crippen LogP contribution is -2.14. The average molecular weight is 385 g/mol. The number of nitrogens with zero attached hydrogens (tertiary/aromatic N) is 2. The fraction of sp³-hybridized carbons (Fsp3) is 0.143. The number of carbonyl (C=O) groups is 1. The minimum atomic E-state index is -4.51. The topological polar surface area (TPSA) is 56.1 Å². The Morgan fingerprint density at radius 1 is 1.14 bits per heavy atom. The van der Waals surface area contributed by atoms with Crippen LogP contribution in [-0.2, 0) is 11.0 Å². The first-order valence-electron chi connectivity index (χ1n) is 8.25. The molecule has 1 amide bonds. The highest BCUT2D eigenvalue weighted by Gasteiger charge is 2.30. The van der Waals surface area contributed by atoms with Crippen molar-refractivity contribution in [3.8, 4) is 6.07 Å². The smallest absolute Gasteiger partial charge is 0.378 e. The van der Waals surface area contributed by atoms with Gasteiger partial charge in [-0.3, -0.25) is 4.79 Å². The van der Waals surface area contributed by atoms with E-state index in [0.717, 1.165) is 23.4 Å². The molecule has 4 nitrogen and oxygen atoms in total. The average Bonchev–Trinajstić information content (AvgIpc) is 2.65. The van der Waals surface area contributed by atoms with Gasteiger partial charge in [0.15, 0.2) is 0 Å². The van der Waals surface area contributed by atoms with Crippen LogP contribution in [-0.4, -0.2) is 20.0 Å². The molecule has 144 valence electrons. The van der Waals surface area contributed by atoms with Crippen molar-refractivity contribution in [1.29, 1.82) is 5.26 Å². The summed E-state index contributed by atoms with van der Waals surface area (Å²) >= 11 is 0. The minimum absolute atomic E-state index is 0.0378. The zero-order valence-corrected chi connectivity index (χ0v) is 15.3. The highest BCUT2D eigenvalue weighted by atomic mass is 19.4. The molecule has 0 heterocycles. The summed E-state index contributed by atoms with van der Waals surface area (Å²) in [5.41, 5.74) is 0.764. The summed E-state index contributed by atoms with van der Waals surface area (Å²) in [6, 6.07) is 13.6. The van der Waals surface area contributed by atoms with E-state index in [1.165, 1.54) is 24.3 Å². The number of allylic oxidation sites excluding steroid dienone is 2. The van der Waals surface area contributed by atoms with Crippen molar-refractivity contribution in [1.82, 2.24) is 0 Å². The van der Waals surface area contributed by atoms with Gasteiger partial charge in [-0.1, -0.05) is 30.4 Å². The van der Waals surface area contributed by atoms with Crippen LogP contribution in [0.5, 0.6) is 0 Å². The van der Waals surface area contributed by atoms with Crippen molar-refractivity contribution in [2.75, 3.05) is 24.3 Å². The van der Waals surface area contributed by atoms with Crippen LogP contribution >= 0.6 is 0 Å². The number of nitrogens with one attached hydrogen (secondary N) is 1. The van der Waals surface area contributed by atoms with Gasteiger partial charge in [-0.05, 0) is 42.0 Å². The summed E-state index contributed by atoms with van der Waals surface area (Å²) in [6.45, 7) is 0. The Morgan fingerprint density at radius 3 is 2.39 bits per heavy atom. The Bertz CT molecular complexity index is 937. The van der Waals surface area contributed by atoms with E-state index in [9.17, 15) is 18.0 Å². The van der Waals surface area contributed by atoms with Gasteiger partial charge < -0.3 is 10.2 Å². The fourth-order valence-corrected chi connectivity index (χ4v) is 2.27. The molecule has 0 saturated carbocycles. The standard InChI is InChI=1S/C21H18F3N3O/c1-27(2)19-11-9-15(10-12-19)5-3-6-16(14-25)20(28)26-18-8-4-7-17(13-18)21(22,23)24/h3-13H,1-2H3,(H,26,28)/b5-3+,16-6-. The maximum atomic E-state index is 12.7. The second-order valence-corrected chi connectivity index (χ2v) is 6.07. The molecular weight excluding hydrogens is 367 g/mol. The number of carbonyl (C=O) groups excluding carboxylic acids is 1. The Hall–Kier alpha value is -3.53. The molecule has 2 rings (SSSR count). The molecule has 0 radical (unpaired) electrons. The van der Waals surface area contributed by atoms with Gasteiger partial charge in [0, 0.05) is 25.5 Å². The van der Waals surface area contributed by atoms with Gasteiger partial charge >= 0.3 is 6.18 Å². The third-order valence-corrected chi connectivity index (χ3v) is 3.77. The van der Waals surface area contributed by atoms with Crippen molar-refractivity contribution in [2.24, 2.45) is 0 Å². The van der Waals surface area contributed by atoms with E-state index in [1.54, 1.807) is 12.1 Å². The normalized spacial score (nSPS) is 11.9. The minimum Gasteiger partial charge on any atom is -0.378 e. The van der Waals surface area contributed by atoms with E-state index < -0.39 is 17.6 Å². The molecule has 28 heavy (non-hydrogen) atoms. The number of hydrogen-bond acceptors (Lipinski definition) is 3. The van der Waals surface area contributed by atoms with E-state index in [4.69, 9.17) is 5.26 Å². The Labute approximate surface area is 161 Å². The zero-order chi connectivity index (χ0) is 20.7. The number of anilines is 2. The van der Waals surface area contributed by atoms with Crippen LogP contribution < -0.4 is 10.2 Å². The SMILES string of the molecule is CN(C)c1ccc(/C=C/C=C(/C#N)C(=O)Nc2cccc(C(F)(F)F)c2)cc1. The zero-order valence-electron chi connectivity index (χ0n) is 15.3. The monoisotopic (exact) mass is 385 g/mol. The summed E-state index contributed by atoms with van der Waals surface area (Å²) in [5, 5.41) is 11.5. The summed E-state index contributed by atoms with van der Waals surface area (Å²) in [7, 11) is 3.85. The van der Waals surface area contributed by atoms with Crippen LogP contribution in [0.25, 0.3) is 6.08 Å². The molecule has 0 aromatic heterocycles. The predicted molar refractivity (Wildman–Crippen MR) is 104 cm³/mol. The Morgan fingerprint density at radius 2 is 1.82 bits per heavy atom. The second-order valence-electron chi connectivity index (χ2n) is 6.07. The van der Waals surface area contributed by atoms with Crippen molar-refractivity contribution in [3.63, 3.8) is 0 Å². The molecule has 0 atom stereocenters. The molecule has 0 aliphatic heterocycles. The quantitative estimate of drug-likeness (QED) is 0.454. The van der Waals surface area contributed by atoms with Crippen molar-refractivity contribution < 1.29 is 18.0 Å². The maximum absolute atomic E-state index is 12.7. The second kappa shape index (κ2) is 8.91. The van der Waals surface area contributed by atoms with Crippen molar-refractivity contribution in [3.05, 3.63) is 77.4 Å². The summed E-state index contributed by atoms with van der Waals surface area (Å²) in [4.78, 5) is 14.1. The lowest BCUT2D eigenvalue weighted by molar-refractivity contribution is -0.137. The third-order valence-electron chi connectivity index (χ3n) is 3.77. The molecule has 2 aromatic rings. The first kappa shape index (κ1) is 20.8. The molecule has 0 spiro atoms. The largest absolute Gasteiger partial charge is 0.416 e. The molecule has 7 heteroatoms. The molecule has 0 unspecified atom stereocenters. The van der Waals surface area contributed by atoms with E-state index in [1.807, 2.05) is 43.3 Å². The summed E-state index contributed by atoms with van der Waals surface area (Å²) in [5.74, 6) is -0.783. The summed E-state index contributed by atoms with van der Waals surface area (Å²) in [6.07, 6.45) is 0.0472. The van der Waals surface area contributed by atoms with Crippen LogP contribution in [0.1, 0.15) is 11.1 Å². The maximum Gasteiger partial charge on any atom is 0.416 e. The molecule has 2 aromatic carbocycles. The van der Waals surface area contributed by atoms with E-state index in [0.29, 0.717) is 0 Å². The predicted octanol–water partition coefficient (Wildman–Crippen LogP) is 4.87. The molecule has 0 aliphatic carbocycles. The van der Waals surface area contributed by atoms with Crippen LogP contribution in [0.4, 0.5) is 24.5 Å². The van der Waals surface area contributed by atoms with Gasteiger partial charge in [0.25, 0.3) is 5.91 Å². The lowest BCUT2D eigenvalue weighted by atomic mass is 10.1. The number of alkyl halides is 3. The lowest BCUT2D eigenvalue weighted by Gasteiger charge is -2.11. The highest BCUT2D eigenvalue weighted by Crippen LogP contribution is 2.30. The van der Waals surface area contributed by atoms with Gasteiger partial charge in [0.1, 0.15) is 11.6 Å². The van der Waals surface area contributed by atoms with Crippen LogP contribution in [0.15, 0.2) is 66.3 Å². The molecule has 0 saturated heterocycles. The van der Waals surface area contributed by atoms with E-state index in [-0.39, 0.29) is 11.3 Å². The van der Waals surface area contributed by atoms with Crippen molar-refractivity contribution in [2.45, 2.75) is 6.18 Å². The highest BCUT2D eigenvalue weighted by molar-refractivity contribution is 6.06. The number of benzene rings is 2. The molecule has 0 aliphatic rings. The van der Waals surface area contributed by atoms with Crippen LogP contribution in [0, 0.1) is 11.3 Å². The van der Waals surface area contributed by atoms with Gasteiger partial charge in [-0.2, -0.15) is 18.4 Å². The number of amides is 1. The fourth-order valence-electron chi connectivity index (χ4n) is 2.27. The Balaban J connectivity index is 2.10. The molecule has 0 fully saturated rings. The van der Waals surface area contributed by atoms with Gasteiger partial charge in [-0.15, -0.1) is 0 Å². The number of hydrogen-bond donors (Lipinski definition) is 1. The van der Waals surface area contributed by atoms with Crippen LogP contribution in [0.2, 0.25) is 0 Å². The van der Waals surface area contributed by atoms with E-state index in [2.05, 4.69) is 5.32 Å². The first-order valence-corrected chi connectivity index (χ1v) is 8.25. The molecular formula is C21H18F3N3O. The molecule has 1 N–H and O–H groups in total. The number of rotatable bonds is 5. The van der Waals surface area contributed by atoms with Crippen LogP contribution in [0.3, 0.4) is 0 Å². The van der Waals surface area contributed by atoms with Gasteiger partial charge in [-0.25, -0.2) is 0 Å². The Kier molecular flexibility index (Phi) is 6.61. The molecule has 0 bridgehead atoms. The third kappa shape index (κ3) is 5.74. The summed E-state index contributed by atoms with van der Waals surface area (Å²) < 4.78 is 38.2. The van der Waals surface area contributed by atoms with Crippen molar-refractivity contribution >= 4 is 23.4 Å². The van der Waals surface area contributed by atoms with E-state index >= 15 is 0 Å². The van der Waals surface area contributed by atoms with Gasteiger partial charge in [0.05, 0.1) is 5.56 Å². The number of halogens is 3.